The van der Waals surface area contributed by atoms with Crippen molar-refractivity contribution in [2.24, 2.45) is 23.7 Å². The van der Waals surface area contributed by atoms with Crippen LogP contribution >= 0.6 is 0 Å². The number of ether oxygens (including phenoxy) is 2. The zero-order valence-corrected chi connectivity index (χ0v) is 17.6. The summed E-state index contributed by atoms with van der Waals surface area (Å²) in [4.78, 5) is 25.0. The summed E-state index contributed by atoms with van der Waals surface area (Å²) in [6, 6.07) is 15.5. The van der Waals surface area contributed by atoms with Crippen LogP contribution in [0.15, 0.2) is 48.5 Å². The summed E-state index contributed by atoms with van der Waals surface area (Å²) in [5.41, 5.74) is 2.07. The molecule has 5 nitrogen and oxygen atoms in total. The first-order chi connectivity index (χ1) is 14.3. The van der Waals surface area contributed by atoms with Crippen molar-refractivity contribution in [3.8, 4) is 11.5 Å². The predicted molar refractivity (Wildman–Crippen MR) is 113 cm³/mol. The van der Waals surface area contributed by atoms with Gasteiger partial charge in [-0.15, -0.1) is 0 Å². The molecule has 1 amide bonds. The fourth-order valence-corrected chi connectivity index (χ4v) is 5.35. The van der Waals surface area contributed by atoms with Gasteiger partial charge in [-0.3, -0.25) is 9.59 Å². The summed E-state index contributed by atoms with van der Waals surface area (Å²) < 4.78 is 11.4. The molecular weight excluding hydrogens is 378 g/mol. The lowest BCUT2D eigenvalue weighted by Gasteiger charge is -2.23. The van der Waals surface area contributed by atoms with Crippen LogP contribution in [0.3, 0.4) is 0 Å². The summed E-state index contributed by atoms with van der Waals surface area (Å²) in [6.07, 6.45) is 1.80. The SMILES string of the molecule is CC(C)(C)c1ccc(Oc2ccc(NC(=O)[C@H]3[C@H]4C[C@@H]5[C@@H]3C(=O)O[C@@H]5C4)cc2)cc1. The Kier molecular flexibility index (Phi) is 4.38. The van der Waals surface area contributed by atoms with Crippen LogP contribution in [0.1, 0.15) is 39.2 Å². The van der Waals surface area contributed by atoms with Gasteiger partial charge in [0.15, 0.2) is 0 Å². The Bertz CT molecular complexity index is 972. The maximum absolute atomic E-state index is 12.9. The van der Waals surface area contributed by atoms with Gasteiger partial charge in [0, 0.05) is 11.6 Å². The first-order valence-electron chi connectivity index (χ1n) is 10.7. The van der Waals surface area contributed by atoms with E-state index in [1.54, 1.807) is 0 Å². The van der Waals surface area contributed by atoms with Gasteiger partial charge in [0.2, 0.25) is 5.91 Å². The molecule has 1 aliphatic heterocycles. The molecule has 0 spiro atoms. The summed E-state index contributed by atoms with van der Waals surface area (Å²) in [5, 5.41) is 2.98. The Morgan fingerprint density at radius 2 is 1.63 bits per heavy atom. The van der Waals surface area contributed by atoms with Crippen molar-refractivity contribution < 1.29 is 19.1 Å². The average Bonchev–Trinajstić information content (AvgIpc) is 3.32. The molecule has 2 aromatic carbocycles. The molecule has 5 rings (SSSR count). The number of anilines is 1. The molecule has 0 radical (unpaired) electrons. The molecule has 2 saturated carbocycles. The number of amides is 1. The van der Waals surface area contributed by atoms with Gasteiger partial charge in [0.1, 0.15) is 17.6 Å². The first kappa shape index (κ1) is 19.2. The second-order valence-electron chi connectivity index (χ2n) is 9.81. The highest BCUT2D eigenvalue weighted by Crippen LogP contribution is 2.57. The lowest BCUT2D eigenvalue weighted by molar-refractivity contribution is -0.145. The number of benzene rings is 2. The van der Waals surface area contributed by atoms with Crippen molar-refractivity contribution in [1.29, 1.82) is 0 Å². The third-order valence-corrected chi connectivity index (χ3v) is 6.86. The number of rotatable bonds is 4. The number of nitrogens with one attached hydrogen (secondary N) is 1. The van der Waals surface area contributed by atoms with Crippen molar-refractivity contribution in [2.45, 2.75) is 45.1 Å². The number of hydrogen-bond acceptors (Lipinski definition) is 4. The molecule has 156 valence electrons. The lowest BCUT2D eigenvalue weighted by Crippen LogP contribution is -2.35. The number of hydrogen-bond donors (Lipinski definition) is 1. The molecule has 2 aromatic rings. The fraction of sp³-hybridized carbons (Fsp3) is 0.440. The van der Waals surface area contributed by atoms with E-state index in [4.69, 9.17) is 9.47 Å². The zero-order chi connectivity index (χ0) is 21.0. The van der Waals surface area contributed by atoms with E-state index in [2.05, 4.69) is 38.2 Å². The van der Waals surface area contributed by atoms with Crippen LogP contribution in [0.5, 0.6) is 11.5 Å². The minimum atomic E-state index is -0.265. The molecule has 1 heterocycles. The van der Waals surface area contributed by atoms with Gasteiger partial charge in [0.05, 0.1) is 11.8 Å². The molecule has 30 heavy (non-hydrogen) atoms. The van der Waals surface area contributed by atoms with E-state index in [1.165, 1.54) is 5.56 Å². The summed E-state index contributed by atoms with van der Waals surface area (Å²) in [6.45, 7) is 6.54. The van der Waals surface area contributed by atoms with Crippen LogP contribution in [0.25, 0.3) is 0 Å². The lowest BCUT2D eigenvalue weighted by atomic mass is 9.79. The molecule has 2 bridgehead atoms. The van der Waals surface area contributed by atoms with Crippen molar-refractivity contribution in [1.82, 2.24) is 0 Å². The number of carbonyl (C=O) groups is 2. The van der Waals surface area contributed by atoms with E-state index in [1.807, 2.05) is 36.4 Å². The first-order valence-corrected chi connectivity index (χ1v) is 10.7. The van der Waals surface area contributed by atoms with Crippen molar-refractivity contribution >= 4 is 17.6 Å². The minimum Gasteiger partial charge on any atom is -0.462 e. The maximum atomic E-state index is 12.9. The van der Waals surface area contributed by atoms with Crippen LogP contribution in [0.2, 0.25) is 0 Å². The second-order valence-corrected chi connectivity index (χ2v) is 9.81. The fourth-order valence-electron chi connectivity index (χ4n) is 5.35. The van der Waals surface area contributed by atoms with Gasteiger partial charge in [-0.1, -0.05) is 32.9 Å². The van der Waals surface area contributed by atoms with Crippen LogP contribution < -0.4 is 10.1 Å². The topological polar surface area (TPSA) is 64.6 Å². The highest BCUT2D eigenvalue weighted by Gasteiger charge is 2.63. The third kappa shape index (κ3) is 3.26. The molecule has 3 fully saturated rings. The van der Waals surface area contributed by atoms with E-state index in [-0.39, 0.29) is 47.1 Å². The van der Waals surface area contributed by atoms with Gasteiger partial charge in [-0.25, -0.2) is 0 Å². The molecule has 5 atom stereocenters. The predicted octanol–water partition coefficient (Wildman–Crippen LogP) is 4.91. The Labute approximate surface area is 176 Å². The summed E-state index contributed by atoms with van der Waals surface area (Å²) >= 11 is 0. The number of carbonyl (C=O) groups excluding carboxylic acids is 2. The van der Waals surface area contributed by atoms with E-state index >= 15 is 0 Å². The molecule has 3 aliphatic rings. The third-order valence-electron chi connectivity index (χ3n) is 6.86. The standard InChI is InChI=1S/C25H27NO4/c1-25(2,3)15-4-8-17(9-5-15)29-18-10-6-16(7-11-18)26-23(27)21-14-12-19-20(13-14)30-24(28)22(19)21/h4-11,14,19-22H,12-13H2,1-3H3,(H,26,27)/t14-,19-,20+,21-,22-/m0/s1. The molecule has 5 heteroatoms. The van der Waals surface area contributed by atoms with Gasteiger partial charge >= 0.3 is 5.97 Å². The monoisotopic (exact) mass is 405 g/mol. The van der Waals surface area contributed by atoms with Crippen molar-refractivity contribution in [3.63, 3.8) is 0 Å². The highest BCUT2D eigenvalue weighted by atomic mass is 16.6. The van der Waals surface area contributed by atoms with Gasteiger partial charge in [0.25, 0.3) is 0 Å². The molecule has 0 unspecified atom stereocenters. The molecular formula is C25H27NO4. The van der Waals surface area contributed by atoms with Crippen LogP contribution in [0.4, 0.5) is 5.69 Å². The second kappa shape index (κ2) is 6.86. The molecule has 1 N–H and O–H groups in total. The summed E-state index contributed by atoms with van der Waals surface area (Å²) in [5.74, 6) is 1.19. The average molecular weight is 405 g/mol. The van der Waals surface area contributed by atoms with Crippen molar-refractivity contribution in [2.75, 3.05) is 5.32 Å². The molecule has 2 aliphatic carbocycles. The maximum Gasteiger partial charge on any atom is 0.310 e. The largest absolute Gasteiger partial charge is 0.462 e. The van der Waals surface area contributed by atoms with Gasteiger partial charge in [-0.2, -0.15) is 0 Å². The van der Waals surface area contributed by atoms with Crippen LogP contribution in [-0.2, 0) is 19.7 Å². The Morgan fingerprint density at radius 3 is 2.27 bits per heavy atom. The highest BCUT2D eigenvalue weighted by molar-refractivity contribution is 5.97. The quantitative estimate of drug-likeness (QED) is 0.734. The molecule has 0 aromatic heterocycles. The Morgan fingerprint density at radius 1 is 1.00 bits per heavy atom. The minimum absolute atomic E-state index is 0.0467. The smallest absolute Gasteiger partial charge is 0.310 e. The normalized spacial score (nSPS) is 29.0. The van der Waals surface area contributed by atoms with E-state index in [9.17, 15) is 9.59 Å². The van der Waals surface area contributed by atoms with Gasteiger partial charge in [-0.05, 0) is 66.1 Å². The van der Waals surface area contributed by atoms with Gasteiger partial charge < -0.3 is 14.8 Å². The van der Waals surface area contributed by atoms with E-state index in [0.717, 1.165) is 18.6 Å². The van der Waals surface area contributed by atoms with Crippen molar-refractivity contribution in [3.05, 3.63) is 54.1 Å². The molecule has 1 saturated heterocycles. The van der Waals surface area contributed by atoms with Crippen LogP contribution in [-0.4, -0.2) is 18.0 Å². The Hall–Kier alpha value is -2.82. The number of fused-ring (bicyclic) bond motifs is 1. The van der Waals surface area contributed by atoms with E-state index < -0.39 is 0 Å². The van der Waals surface area contributed by atoms with Crippen LogP contribution in [0, 0.1) is 23.7 Å². The number of esters is 1. The van der Waals surface area contributed by atoms with E-state index in [0.29, 0.717) is 11.4 Å². The zero-order valence-electron chi connectivity index (χ0n) is 17.6. The summed E-state index contributed by atoms with van der Waals surface area (Å²) in [7, 11) is 0. The Balaban J connectivity index is 1.22.